The Balaban J connectivity index is 2.14. The lowest BCUT2D eigenvalue weighted by molar-refractivity contribution is 0.102. The molecule has 0 spiro atoms. The van der Waals surface area contributed by atoms with Crippen molar-refractivity contribution in [1.29, 1.82) is 0 Å². The summed E-state index contributed by atoms with van der Waals surface area (Å²) in [6.07, 6.45) is 0.827. The van der Waals surface area contributed by atoms with Gasteiger partial charge in [0.2, 0.25) is 5.13 Å². The second-order valence-corrected chi connectivity index (χ2v) is 6.90. The van der Waals surface area contributed by atoms with Crippen molar-refractivity contribution in [3.8, 4) is 5.75 Å². The molecule has 0 aliphatic carbocycles. The fourth-order valence-corrected chi connectivity index (χ4v) is 3.38. The molecule has 118 valence electrons. The van der Waals surface area contributed by atoms with Gasteiger partial charge in [-0.1, -0.05) is 48.4 Å². The molecule has 5 nitrogen and oxygen atoms in total. The summed E-state index contributed by atoms with van der Waals surface area (Å²) in [7, 11) is 1.46. The molecule has 0 saturated heterocycles. The smallest absolute Gasteiger partial charge is 0.257 e. The highest BCUT2D eigenvalue weighted by atomic mass is 35.5. The second-order valence-electron chi connectivity index (χ2n) is 5.03. The third kappa shape index (κ3) is 4.09. The Morgan fingerprint density at radius 2 is 1.95 bits per heavy atom. The van der Waals surface area contributed by atoms with E-state index >= 15 is 0 Å². The van der Waals surface area contributed by atoms with Gasteiger partial charge in [-0.25, -0.2) is 0 Å². The van der Waals surface area contributed by atoms with Crippen LogP contribution < -0.4 is 10.1 Å². The Morgan fingerprint density at radius 1 is 1.32 bits per heavy atom. The molecule has 22 heavy (non-hydrogen) atoms. The van der Waals surface area contributed by atoms with Crippen LogP contribution in [0.15, 0.2) is 12.1 Å². The topological polar surface area (TPSA) is 64.1 Å². The highest BCUT2D eigenvalue weighted by Gasteiger charge is 2.15. The molecule has 0 unspecified atom stereocenters. The maximum absolute atomic E-state index is 12.2. The number of anilines is 1. The highest BCUT2D eigenvalue weighted by Crippen LogP contribution is 2.34. The van der Waals surface area contributed by atoms with Crippen LogP contribution in [0.3, 0.4) is 0 Å². The van der Waals surface area contributed by atoms with E-state index in [1.807, 2.05) is 0 Å². The van der Waals surface area contributed by atoms with Crippen molar-refractivity contribution in [2.75, 3.05) is 12.4 Å². The summed E-state index contributed by atoms with van der Waals surface area (Å²) in [5.41, 5.74) is 0.330. The number of carbonyl (C=O) groups excluding carboxylic acids is 1. The van der Waals surface area contributed by atoms with Crippen LogP contribution in [0.2, 0.25) is 10.0 Å². The third-order valence-electron chi connectivity index (χ3n) is 2.73. The number of aromatic nitrogens is 2. The number of amides is 1. The van der Waals surface area contributed by atoms with Crippen LogP contribution in [-0.2, 0) is 6.42 Å². The van der Waals surface area contributed by atoms with Gasteiger partial charge in [-0.15, -0.1) is 10.2 Å². The number of carbonyl (C=O) groups is 1. The highest BCUT2D eigenvalue weighted by molar-refractivity contribution is 7.15. The summed E-state index contributed by atoms with van der Waals surface area (Å²) in [5.74, 6) is 0.476. The van der Waals surface area contributed by atoms with Gasteiger partial charge in [0, 0.05) is 12.0 Å². The minimum absolute atomic E-state index is 0.276. The van der Waals surface area contributed by atoms with Gasteiger partial charge in [-0.05, 0) is 18.1 Å². The van der Waals surface area contributed by atoms with Crippen LogP contribution in [0, 0.1) is 5.92 Å². The largest absolute Gasteiger partial charge is 0.494 e. The zero-order valence-corrected chi connectivity index (χ0v) is 14.6. The average molecular weight is 360 g/mol. The van der Waals surface area contributed by atoms with Gasteiger partial charge in [0.25, 0.3) is 5.91 Å². The third-order valence-corrected chi connectivity index (χ3v) is 4.16. The van der Waals surface area contributed by atoms with Gasteiger partial charge in [0.15, 0.2) is 5.75 Å². The number of hydrogen-bond acceptors (Lipinski definition) is 5. The minimum atomic E-state index is -0.348. The van der Waals surface area contributed by atoms with Gasteiger partial charge in [0.05, 0.1) is 17.2 Å². The number of benzene rings is 1. The molecule has 1 N–H and O–H groups in total. The molecule has 1 amide bonds. The van der Waals surface area contributed by atoms with Gasteiger partial charge < -0.3 is 4.74 Å². The molecule has 0 aliphatic heterocycles. The SMILES string of the molecule is COc1c(Cl)cc(C(=O)Nc2nnc(CC(C)C)s2)cc1Cl. The van der Waals surface area contributed by atoms with Crippen LogP contribution in [0.4, 0.5) is 5.13 Å². The predicted octanol–water partition coefficient (Wildman–Crippen LogP) is 4.30. The maximum Gasteiger partial charge on any atom is 0.257 e. The summed E-state index contributed by atoms with van der Waals surface area (Å²) >= 11 is 13.4. The summed E-state index contributed by atoms with van der Waals surface area (Å²) in [5, 5.41) is 12.6. The first-order valence-corrected chi connectivity index (χ1v) is 8.14. The molecule has 2 rings (SSSR count). The number of rotatable bonds is 5. The van der Waals surface area contributed by atoms with Crippen molar-refractivity contribution in [3.05, 3.63) is 32.7 Å². The molecule has 0 atom stereocenters. The van der Waals surface area contributed by atoms with Crippen LogP contribution in [0.5, 0.6) is 5.75 Å². The quantitative estimate of drug-likeness (QED) is 0.863. The van der Waals surface area contributed by atoms with Gasteiger partial charge in [-0.3, -0.25) is 10.1 Å². The molecule has 0 saturated carbocycles. The molecular weight excluding hydrogens is 345 g/mol. The van der Waals surface area contributed by atoms with Crippen molar-refractivity contribution in [1.82, 2.24) is 10.2 Å². The van der Waals surface area contributed by atoms with Gasteiger partial charge in [0.1, 0.15) is 5.01 Å². The zero-order valence-electron chi connectivity index (χ0n) is 12.3. The van der Waals surface area contributed by atoms with Crippen molar-refractivity contribution in [2.45, 2.75) is 20.3 Å². The van der Waals surface area contributed by atoms with Crippen molar-refractivity contribution in [3.63, 3.8) is 0 Å². The van der Waals surface area contributed by atoms with E-state index in [9.17, 15) is 4.79 Å². The molecule has 0 fully saturated rings. The molecule has 0 radical (unpaired) electrons. The molecule has 1 heterocycles. The molecule has 1 aromatic heterocycles. The number of ether oxygens (including phenoxy) is 1. The fraction of sp³-hybridized carbons (Fsp3) is 0.357. The van der Waals surface area contributed by atoms with Gasteiger partial charge >= 0.3 is 0 Å². The van der Waals surface area contributed by atoms with E-state index in [1.54, 1.807) is 0 Å². The molecular formula is C14H15Cl2N3O2S. The number of nitrogens with zero attached hydrogens (tertiary/aromatic N) is 2. The molecule has 2 aromatic rings. The van der Waals surface area contributed by atoms with E-state index in [0.29, 0.717) is 22.4 Å². The Labute approximate surface area is 142 Å². The number of hydrogen-bond donors (Lipinski definition) is 1. The maximum atomic E-state index is 12.2. The zero-order chi connectivity index (χ0) is 16.3. The number of nitrogens with one attached hydrogen (secondary N) is 1. The lowest BCUT2D eigenvalue weighted by Crippen LogP contribution is -2.12. The monoisotopic (exact) mass is 359 g/mol. The summed E-state index contributed by atoms with van der Waals surface area (Å²) in [6.45, 7) is 4.20. The van der Waals surface area contributed by atoms with E-state index in [4.69, 9.17) is 27.9 Å². The van der Waals surface area contributed by atoms with E-state index in [0.717, 1.165) is 11.4 Å². The van der Waals surface area contributed by atoms with E-state index < -0.39 is 0 Å². The Kier molecular flexibility index (Phi) is 5.61. The molecule has 8 heteroatoms. The first-order chi connectivity index (χ1) is 10.4. The second kappa shape index (κ2) is 7.26. The molecule has 0 bridgehead atoms. The number of halogens is 2. The first kappa shape index (κ1) is 17.0. The van der Waals surface area contributed by atoms with Crippen molar-refractivity contribution in [2.24, 2.45) is 5.92 Å². The van der Waals surface area contributed by atoms with Crippen LogP contribution in [0.1, 0.15) is 29.2 Å². The van der Waals surface area contributed by atoms with Crippen LogP contribution in [0.25, 0.3) is 0 Å². The Morgan fingerprint density at radius 3 is 2.50 bits per heavy atom. The van der Waals surface area contributed by atoms with E-state index in [1.165, 1.54) is 30.6 Å². The fourth-order valence-electron chi connectivity index (χ4n) is 1.79. The Bertz CT molecular complexity index is 665. The predicted molar refractivity (Wildman–Crippen MR) is 89.4 cm³/mol. The normalized spacial score (nSPS) is 10.8. The lowest BCUT2D eigenvalue weighted by Gasteiger charge is -2.08. The van der Waals surface area contributed by atoms with Gasteiger partial charge in [-0.2, -0.15) is 0 Å². The Hall–Kier alpha value is -1.37. The van der Waals surface area contributed by atoms with E-state index in [2.05, 4.69) is 29.4 Å². The molecule has 1 aromatic carbocycles. The summed E-state index contributed by atoms with van der Waals surface area (Å²) < 4.78 is 5.05. The molecule has 0 aliphatic rings. The van der Waals surface area contributed by atoms with Crippen LogP contribution >= 0.6 is 34.5 Å². The van der Waals surface area contributed by atoms with E-state index in [-0.39, 0.29) is 16.0 Å². The summed E-state index contributed by atoms with van der Waals surface area (Å²) in [4.78, 5) is 12.2. The minimum Gasteiger partial charge on any atom is -0.494 e. The number of methoxy groups -OCH3 is 1. The first-order valence-electron chi connectivity index (χ1n) is 6.57. The van der Waals surface area contributed by atoms with Crippen LogP contribution in [-0.4, -0.2) is 23.2 Å². The standard InChI is InChI=1S/C14H15Cl2N3O2S/c1-7(2)4-11-18-19-14(22-11)17-13(20)8-5-9(15)12(21-3)10(16)6-8/h5-7H,4H2,1-3H3,(H,17,19,20). The lowest BCUT2D eigenvalue weighted by atomic mass is 10.1. The average Bonchev–Trinajstić information content (AvgIpc) is 2.84. The summed E-state index contributed by atoms with van der Waals surface area (Å²) in [6, 6.07) is 3.00. The van der Waals surface area contributed by atoms with Crippen molar-refractivity contribution < 1.29 is 9.53 Å². The van der Waals surface area contributed by atoms with Crippen molar-refractivity contribution >= 4 is 45.6 Å².